The van der Waals surface area contributed by atoms with E-state index in [1.165, 1.54) is 0 Å². The average Bonchev–Trinajstić information content (AvgIpc) is 3.18. The molecule has 1 saturated heterocycles. The van der Waals surface area contributed by atoms with Crippen LogP contribution in [0.15, 0.2) is 36.7 Å². The predicted octanol–water partition coefficient (Wildman–Crippen LogP) is 4.24. The second kappa shape index (κ2) is 9.04. The Morgan fingerprint density at radius 3 is 2.74 bits per heavy atom. The third kappa shape index (κ3) is 5.32. The molecular formula is C21H30N4O2. The standard InChI is InChI=1S/C21H30N4O2/c1-16(2)9-14-27-19-7-12-24(13-8-19)21(26)23-20-6-5-18(15-17(20)3)25-11-4-10-22-25/h4-6,10-11,15-16,19H,7-9,12-14H2,1-3H3,(H,23,26). The van der Waals surface area contributed by atoms with Gasteiger partial charge in [-0.3, -0.25) is 0 Å². The Hall–Kier alpha value is -2.34. The fourth-order valence-corrected chi connectivity index (χ4v) is 3.24. The zero-order chi connectivity index (χ0) is 19.2. The highest BCUT2D eigenvalue weighted by atomic mass is 16.5. The lowest BCUT2D eigenvalue weighted by atomic mass is 10.1. The number of aromatic nitrogens is 2. The number of amides is 2. The molecule has 2 aromatic rings. The number of piperidine rings is 1. The molecule has 1 aliphatic heterocycles. The maximum Gasteiger partial charge on any atom is 0.321 e. The first-order valence-electron chi connectivity index (χ1n) is 9.81. The van der Waals surface area contributed by atoms with Crippen LogP contribution in [0.3, 0.4) is 0 Å². The highest BCUT2D eigenvalue weighted by Crippen LogP contribution is 2.21. The van der Waals surface area contributed by atoms with Crippen LogP contribution in [-0.4, -0.2) is 46.5 Å². The van der Waals surface area contributed by atoms with Gasteiger partial charge in [0.05, 0.1) is 11.8 Å². The Bertz CT molecular complexity index is 735. The van der Waals surface area contributed by atoms with Gasteiger partial charge in [-0.15, -0.1) is 0 Å². The zero-order valence-electron chi connectivity index (χ0n) is 16.5. The molecular weight excluding hydrogens is 340 g/mol. The maximum absolute atomic E-state index is 12.6. The van der Waals surface area contributed by atoms with E-state index in [2.05, 4.69) is 24.3 Å². The molecule has 6 heteroatoms. The van der Waals surface area contributed by atoms with E-state index in [-0.39, 0.29) is 12.1 Å². The third-order valence-electron chi connectivity index (χ3n) is 5.00. The number of ether oxygens (including phenoxy) is 1. The maximum atomic E-state index is 12.6. The summed E-state index contributed by atoms with van der Waals surface area (Å²) in [5, 5.41) is 7.28. The molecule has 0 unspecified atom stereocenters. The molecule has 0 saturated carbocycles. The van der Waals surface area contributed by atoms with E-state index >= 15 is 0 Å². The number of carbonyl (C=O) groups excluding carboxylic acids is 1. The Morgan fingerprint density at radius 2 is 2.11 bits per heavy atom. The Kier molecular flexibility index (Phi) is 6.50. The summed E-state index contributed by atoms with van der Waals surface area (Å²) in [6.45, 7) is 8.71. The highest BCUT2D eigenvalue weighted by Gasteiger charge is 2.23. The Balaban J connectivity index is 1.50. The molecule has 1 N–H and O–H groups in total. The van der Waals surface area contributed by atoms with Gasteiger partial charge in [0, 0.05) is 37.8 Å². The van der Waals surface area contributed by atoms with E-state index in [0.29, 0.717) is 5.92 Å². The van der Waals surface area contributed by atoms with Crippen LogP contribution in [0.2, 0.25) is 0 Å². The van der Waals surface area contributed by atoms with Crippen LogP contribution >= 0.6 is 0 Å². The normalized spacial score (nSPS) is 15.3. The minimum absolute atomic E-state index is 0.0365. The number of hydrogen-bond acceptors (Lipinski definition) is 3. The van der Waals surface area contributed by atoms with E-state index < -0.39 is 0 Å². The van der Waals surface area contributed by atoms with Gasteiger partial charge in [0.25, 0.3) is 0 Å². The summed E-state index contributed by atoms with van der Waals surface area (Å²) in [6.07, 6.45) is 6.84. The Morgan fingerprint density at radius 1 is 1.33 bits per heavy atom. The molecule has 1 aliphatic rings. The molecule has 3 rings (SSSR count). The van der Waals surface area contributed by atoms with Gasteiger partial charge in [0.1, 0.15) is 0 Å². The average molecular weight is 370 g/mol. The van der Waals surface area contributed by atoms with Gasteiger partial charge < -0.3 is 15.0 Å². The number of carbonyl (C=O) groups is 1. The minimum Gasteiger partial charge on any atom is -0.378 e. The van der Waals surface area contributed by atoms with Crippen molar-refractivity contribution in [3.63, 3.8) is 0 Å². The summed E-state index contributed by atoms with van der Waals surface area (Å²) in [4.78, 5) is 14.5. The number of nitrogens with zero attached hydrogens (tertiary/aromatic N) is 3. The number of hydrogen-bond donors (Lipinski definition) is 1. The number of anilines is 1. The van der Waals surface area contributed by atoms with Gasteiger partial charge in [-0.1, -0.05) is 13.8 Å². The van der Waals surface area contributed by atoms with Crippen LogP contribution in [0.4, 0.5) is 10.5 Å². The molecule has 0 aliphatic carbocycles. The molecule has 2 amide bonds. The van der Waals surface area contributed by atoms with Crippen molar-refractivity contribution in [1.29, 1.82) is 0 Å². The van der Waals surface area contributed by atoms with E-state index in [0.717, 1.165) is 55.9 Å². The largest absolute Gasteiger partial charge is 0.378 e. The lowest BCUT2D eigenvalue weighted by Crippen LogP contribution is -2.43. The summed E-state index contributed by atoms with van der Waals surface area (Å²) in [5.41, 5.74) is 2.84. The van der Waals surface area contributed by atoms with Crippen molar-refractivity contribution in [1.82, 2.24) is 14.7 Å². The molecule has 1 aromatic heterocycles. The van der Waals surface area contributed by atoms with Crippen LogP contribution in [-0.2, 0) is 4.74 Å². The van der Waals surface area contributed by atoms with Crippen LogP contribution in [0.25, 0.3) is 5.69 Å². The van der Waals surface area contributed by atoms with Crippen molar-refractivity contribution in [3.05, 3.63) is 42.2 Å². The second-order valence-corrected chi connectivity index (χ2v) is 7.62. The molecule has 0 bridgehead atoms. The number of nitrogens with one attached hydrogen (secondary N) is 1. The smallest absolute Gasteiger partial charge is 0.321 e. The lowest BCUT2D eigenvalue weighted by Gasteiger charge is -2.32. The van der Waals surface area contributed by atoms with Gasteiger partial charge >= 0.3 is 6.03 Å². The van der Waals surface area contributed by atoms with Crippen molar-refractivity contribution >= 4 is 11.7 Å². The highest BCUT2D eigenvalue weighted by molar-refractivity contribution is 5.90. The quantitative estimate of drug-likeness (QED) is 0.827. The first-order valence-corrected chi connectivity index (χ1v) is 9.81. The molecule has 0 spiro atoms. The fourth-order valence-electron chi connectivity index (χ4n) is 3.24. The van der Waals surface area contributed by atoms with Gasteiger partial charge in [-0.2, -0.15) is 5.10 Å². The molecule has 1 aromatic carbocycles. The van der Waals surface area contributed by atoms with Gasteiger partial charge in [0.15, 0.2) is 0 Å². The summed E-state index contributed by atoms with van der Waals surface area (Å²) in [7, 11) is 0. The number of rotatable bonds is 6. The van der Waals surface area contributed by atoms with Gasteiger partial charge in [0.2, 0.25) is 0 Å². The molecule has 146 valence electrons. The predicted molar refractivity (Wildman–Crippen MR) is 107 cm³/mol. The van der Waals surface area contributed by atoms with Crippen molar-refractivity contribution in [2.45, 2.75) is 46.1 Å². The summed E-state index contributed by atoms with van der Waals surface area (Å²) in [5.74, 6) is 0.666. The second-order valence-electron chi connectivity index (χ2n) is 7.62. The van der Waals surface area contributed by atoms with Crippen molar-refractivity contribution < 1.29 is 9.53 Å². The first kappa shape index (κ1) is 19.4. The molecule has 27 heavy (non-hydrogen) atoms. The SMILES string of the molecule is Cc1cc(-n2cccn2)ccc1NC(=O)N1CCC(OCCC(C)C)CC1. The number of benzene rings is 1. The number of likely N-dealkylation sites (tertiary alicyclic amines) is 1. The summed E-state index contributed by atoms with van der Waals surface area (Å²) in [6, 6.07) is 7.78. The molecule has 0 radical (unpaired) electrons. The van der Waals surface area contributed by atoms with Gasteiger partial charge in [-0.05, 0) is 61.9 Å². The van der Waals surface area contributed by atoms with Crippen molar-refractivity contribution in [3.8, 4) is 5.69 Å². The number of urea groups is 1. The fraction of sp³-hybridized carbons (Fsp3) is 0.524. The summed E-state index contributed by atoms with van der Waals surface area (Å²) < 4.78 is 7.75. The van der Waals surface area contributed by atoms with Crippen molar-refractivity contribution in [2.24, 2.45) is 5.92 Å². The number of aryl methyl sites for hydroxylation is 1. The molecule has 1 fully saturated rings. The monoisotopic (exact) mass is 370 g/mol. The van der Waals surface area contributed by atoms with Crippen LogP contribution in [0.5, 0.6) is 0 Å². The molecule has 0 atom stereocenters. The Labute approximate surface area is 161 Å². The van der Waals surface area contributed by atoms with E-state index in [1.807, 2.05) is 47.0 Å². The molecule has 6 nitrogen and oxygen atoms in total. The first-order chi connectivity index (χ1) is 13.0. The van der Waals surface area contributed by atoms with Crippen molar-refractivity contribution in [2.75, 3.05) is 25.0 Å². The minimum atomic E-state index is -0.0365. The topological polar surface area (TPSA) is 59.4 Å². The van der Waals surface area contributed by atoms with Gasteiger partial charge in [-0.25, -0.2) is 9.48 Å². The summed E-state index contributed by atoms with van der Waals surface area (Å²) >= 11 is 0. The lowest BCUT2D eigenvalue weighted by molar-refractivity contribution is 0.0112. The zero-order valence-corrected chi connectivity index (χ0v) is 16.5. The molecule has 2 heterocycles. The third-order valence-corrected chi connectivity index (χ3v) is 5.00. The van der Waals surface area contributed by atoms with E-state index in [1.54, 1.807) is 6.20 Å². The van der Waals surface area contributed by atoms with Crippen LogP contribution in [0.1, 0.15) is 38.7 Å². The van der Waals surface area contributed by atoms with Crippen LogP contribution in [0, 0.1) is 12.8 Å². The van der Waals surface area contributed by atoms with Crippen LogP contribution < -0.4 is 5.32 Å². The van der Waals surface area contributed by atoms with E-state index in [4.69, 9.17) is 4.74 Å². The van der Waals surface area contributed by atoms with E-state index in [9.17, 15) is 4.79 Å².